The van der Waals surface area contributed by atoms with Crippen LogP contribution in [0.4, 0.5) is 11.4 Å². The molecule has 1 aliphatic carbocycles. The zero-order valence-corrected chi connectivity index (χ0v) is 10.3. The molecule has 0 saturated heterocycles. The van der Waals surface area contributed by atoms with Crippen molar-refractivity contribution in [1.29, 1.82) is 0 Å². The van der Waals surface area contributed by atoms with Crippen molar-refractivity contribution in [3.05, 3.63) is 23.8 Å². The Balaban J connectivity index is 2.15. The third kappa shape index (κ3) is 2.49. The number of nitrogens with one attached hydrogen (secondary N) is 1. The van der Waals surface area contributed by atoms with Gasteiger partial charge in [-0.2, -0.15) is 0 Å². The third-order valence-corrected chi connectivity index (χ3v) is 3.60. The van der Waals surface area contributed by atoms with E-state index in [-0.39, 0.29) is 5.54 Å². The van der Waals surface area contributed by atoms with Crippen molar-refractivity contribution in [2.45, 2.75) is 51.5 Å². The second-order valence-corrected chi connectivity index (χ2v) is 5.34. The van der Waals surface area contributed by atoms with Crippen LogP contribution in [0.2, 0.25) is 0 Å². The Hall–Kier alpha value is -1.18. The molecule has 0 atom stereocenters. The summed E-state index contributed by atoms with van der Waals surface area (Å²) in [5.41, 5.74) is 9.46. The number of nitrogen functional groups attached to an aromatic ring is 1. The lowest BCUT2D eigenvalue weighted by Crippen LogP contribution is -2.37. The third-order valence-electron chi connectivity index (χ3n) is 3.60. The minimum atomic E-state index is 0.236. The van der Waals surface area contributed by atoms with Crippen molar-refractivity contribution in [3.8, 4) is 0 Å². The highest BCUT2D eigenvalue weighted by molar-refractivity contribution is 5.67. The molecule has 0 radical (unpaired) electrons. The van der Waals surface area contributed by atoms with Gasteiger partial charge in [0.05, 0.1) is 11.4 Å². The first kappa shape index (κ1) is 11.3. The van der Waals surface area contributed by atoms with Crippen LogP contribution < -0.4 is 11.1 Å². The second kappa shape index (κ2) is 4.36. The maximum atomic E-state index is 6.00. The van der Waals surface area contributed by atoms with Gasteiger partial charge in [0.1, 0.15) is 0 Å². The Kier molecular flexibility index (Phi) is 3.08. The van der Waals surface area contributed by atoms with Gasteiger partial charge in [-0.3, -0.25) is 0 Å². The van der Waals surface area contributed by atoms with Gasteiger partial charge in [-0.25, -0.2) is 0 Å². The largest absolute Gasteiger partial charge is 0.397 e. The topological polar surface area (TPSA) is 38.0 Å². The van der Waals surface area contributed by atoms with Crippen molar-refractivity contribution >= 4 is 11.4 Å². The van der Waals surface area contributed by atoms with Gasteiger partial charge in [0.2, 0.25) is 0 Å². The molecule has 2 heteroatoms. The predicted octanol–water partition coefficient (Wildman–Crippen LogP) is 3.71. The zero-order valence-electron chi connectivity index (χ0n) is 10.3. The van der Waals surface area contributed by atoms with Gasteiger partial charge in [0, 0.05) is 5.54 Å². The van der Waals surface area contributed by atoms with Crippen molar-refractivity contribution in [3.63, 3.8) is 0 Å². The average Bonchev–Trinajstić information content (AvgIpc) is 2.24. The number of benzene rings is 1. The summed E-state index contributed by atoms with van der Waals surface area (Å²) in [6.07, 6.45) is 6.53. The smallest absolute Gasteiger partial charge is 0.0580 e. The van der Waals surface area contributed by atoms with E-state index in [1.165, 1.54) is 37.7 Å². The molecule has 0 heterocycles. The van der Waals surface area contributed by atoms with Crippen LogP contribution >= 0.6 is 0 Å². The Morgan fingerprint density at radius 2 is 1.88 bits per heavy atom. The molecule has 1 aliphatic rings. The lowest BCUT2D eigenvalue weighted by atomic mass is 9.83. The lowest BCUT2D eigenvalue weighted by Gasteiger charge is -2.36. The van der Waals surface area contributed by atoms with Gasteiger partial charge in [-0.05, 0) is 44.4 Å². The maximum absolute atomic E-state index is 6.00. The van der Waals surface area contributed by atoms with E-state index in [1.54, 1.807) is 0 Å². The highest BCUT2D eigenvalue weighted by Crippen LogP contribution is 2.33. The van der Waals surface area contributed by atoms with Crippen LogP contribution in [0, 0.1) is 6.92 Å². The minimum absolute atomic E-state index is 0.236. The number of anilines is 2. The summed E-state index contributed by atoms with van der Waals surface area (Å²) >= 11 is 0. The average molecular weight is 218 g/mol. The first-order chi connectivity index (χ1) is 7.59. The molecule has 1 fully saturated rings. The van der Waals surface area contributed by atoms with E-state index >= 15 is 0 Å². The molecule has 0 bridgehead atoms. The van der Waals surface area contributed by atoms with Crippen molar-refractivity contribution in [2.75, 3.05) is 11.1 Å². The normalized spacial score (nSPS) is 19.4. The Morgan fingerprint density at radius 3 is 2.56 bits per heavy atom. The molecule has 2 nitrogen and oxygen atoms in total. The van der Waals surface area contributed by atoms with E-state index in [4.69, 9.17) is 5.73 Å². The van der Waals surface area contributed by atoms with Gasteiger partial charge in [0.15, 0.2) is 0 Å². The Labute approximate surface area is 98.2 Å². The fraction of sp³-hybridized carbons (Fsp3) is 0.571. The van der Waals surface area contributed by atoms with Crippen molar-refractivity contribution < 1.29 is 0 Å². The molecular weight excluding hydrogens is 196 g/mol. The fourth-order valence-electron chi connectivity index (χ4n) is 2.56. The van der Waals surface area contributed by atoms with Crippen LogP contribution in [0.25, 0.3) is 0 Å². The summed E-state index contributed by atoms with van der Waals surface area (Å²) in [6.45, 7) is 4.42. The van der Waals surface area contributed by atoms with Crippen LogP contribution in [-0.2, 0) is 0 Å². The van der Waals surface area contributed by atoms with Crippen LogP contribution in [0.3, 0.4) is 0 Å². The number of hydrogen-bond acceptors (Lipinski definition) is 2. The van der Waals surface area contributed by atoms with E-state index in [2.05, 4.69) is 31.3 Å². The van der Waals surface area contributed by atoms with E-state index in [1.807, 2.05) is 6.07 Å². The monoisotopic (exact) mass is 218 g/mol. The Morgan fingerprint density at radius 1 is 1.19 bits per heavy atom. The molecule has 0 spiro atoms. The summed E-state index contributed by atoms with van der Waals surface area (Å²) in [5.74, 6) is 0. The minimum Gasteiger partial charge on any atom is -0.397 e. The second-order valence-electron chi connectivity index (χ2n) is 5.34. The summed E-state index contributed by atoms with van der Waals surface area (Å²) in [6, 6.07) is 6.20. The molecule has 2 rings (SSSR count). The van der Waals surface area contributed by atoms with E-state index in [9.17, 15) is 0 Å². The lowest BCUT2D eigenvalue weighted by molar-refractivity contribution is 0.349. The van der Waals surface area contributed by atoms with Crippen molar-refractivity contribution in [2.24, 2.45) is 0 Å². The van der Waals surface area contributed by atoms with Crippen molar-refractivity contribution in [1.82, 2.24) is 0 Å². The molecular formula is C14H22N2. The summed E-state index contributed by atoms with van der Waals surface area (Å²) in [5, 5.41) is 3.64. The quantitative estimate of drug-likeness (QED) is 0.743. The molecule has 0 aliphatic heterocycles. The predicted molar refractivity (Wildman–Crippen MR) is 70.7 cm³/mol. The highest BCUT2D eigenvalue weighted by atomic mass is 15.0. The summed E-state index contributed by atoms with van der Waals surface area (Å²) < 4.78 is 0. The molecule has 88 valence electrons. The van der Waals surface area contributed by atoms with Gasteiger partial charge in [-0.1, -0.05) is 25.3 Å². The first-order valence-electron chi connectivity index (χ1n) is 6.23. The van der Waals surface area contributed by atoms with E-state index in [0.29, 0.717) is 0 Å². The van der Waals surface area contributed by atoms with Gasteiger partial charge in [0.25, 0.3) is 0 Å². The highest BCUT2D eigenvalue weighted by Gasteiger charge is 2.26. The molecule has 3 N–H and O–H groups in total. The van der Waals surface area contributed by atoms with Gasteiger partial charge in [-0.15, -0.1) is 0 Å². The van der Waals surface area contributed by atoms with E-state index < -0.39 is 0 Å². The molecule has 0 aromatic heterocycles. The summed E-state index contributed by atoms with van der Waals surface area (Å²) in [7, 11) is 0. The maximum Gasteiger partial charge on any atom is 0.0580 e. The first-order valence-corrected chi connectivity index (χ1v) is 6.23. The zero-order chi connectivity index (χ0) is 11.6. The van der Waals surface area contributed by atoms with Crippen LogP contribution in [-0.4, -0.2) is 5.54 Å². The molecule has 1 saturated carbocycles. The standard InChI is InChI=1S/C14H22N2/c1-11-6-7-12(15)13(10-11)16-14(2)8-4-3-5-9-14/h6-7,10,16H,3-5,8-9,15H2,1-2H3. The molecule has 0 amide bonds. The molecule has 1 aromatic carbocycles. The number of aryl methyl sites for hydroxylation is 1. The molecule has 0 unspecified atom stereocenters. The van der Waals surface area contributed by atoms with Crippen LogP contribution in [0.1, 0.15) is 44.6 Å². The molecule has 16 heavy (non-hydrogen) atoms. The fourth-order valence-corrected chi connectivity index (χ4v) is 2.56. The number of rotatable bonds is 2. The van der Waals surface area contributed by atoms with Crippen LogP contribution in [0.15, 0.2) is 18.2 Å². The SMILES string of the molecule is Cc1ccc(N)c(NC2(C)CCCCC2)c1. The molecule has 1 aromatic rings. The Bertz CT molecular complexity index is 365. The van der Waals surface area contributed by atoms with Gasteiger partial charge >= 0.3 is 0 Å². The number of hydrogen-bond donors (Lipinski definition) is 2. The summed E-state index contributed by atoms with van der Waals surface area (Å²) in [4.78, 5) is 0. The van der Waals surface area contributed by atoms with Gasteiger partial charge < -0.3 is 11.1 Å². The number of nitrogens with two attached hydrogens (primary N) is 1. The van der Waals surface area contributed by atoms with Crippen LogP contribution in [0.5, 0.6) is 0 Å². The van der Waals surface area contributed by atoms with E-state index in [0.717, 1.165) is 11.4 Å².